The van der Waals surface area contributed by atoms with Crippen LogP contribution in [0.3, 0.4) is 0 Å². The minimum Gasteiger partial charge on any atom is -0.464 e. The van der Waals surface area contributed by atoms with E-state index in [1.165, 1.54) is 12.1 Å². The van der Waals surface area contributed by atoms with Gasteiger partial charge in [0.15, 0.2) is 0 Å². The van der Waals surface area contributed by atoms with E-state index in [2.05, 4.69) is 0 Å². The summed E-state index contributed by atoms with van der Waals surface area (Å²) in [7, 11) is 0. The second kappa shape index (κ2) is 6.38. The molecular formula is C15H15NO6. The van der Waals surface area contributed by atoms with Crippen LogP contribution in [0.5, 0.6) is 0 Å². The van der Waals surface area contributed by atoms with E-state index in [0.29, 0.717) is 0 Å². The number of hydrogen-bond donors (Lipinski definition) is 0. The summed E-state index contributed by atoms with van der Waals surface area (Å²) in [6.45, 7) is 3.22. The van der Waals surface area contributed by atoms with Crippen LogP contribution in [0.1, 0.15) is 24.2 Å². The topological polar surface area (TPSA) is 90.0 Å². The fourth-order valence-electron chi connectivity index (χ4n) is 2.22. The predicted molar refractivity (Wildman–Crippen MR) is 75.3 cm³/mol. The number of ketones is 1. The molecule has 1 aromatic carbocycles. The van der Waals surface area contributed by atoms with Gasteiger partial charge >= 0.3 is 17.8 Å². The van der Waals surface area contributed by atoms with E-state index in [0.717, 1.165) is 4.90 Å². The highest BCUT2D eigenvalue weighted by atomic mass is 16.6. The van der Waals surface area contributed by atoms with Gasteiger partial charge in [-0.1, -0.05) is 12.1 Å². The number of carbonyl (C=O) groups is 4. The summed E-state index contributed by atoms with van der Waals surface area (Å²) in [6, 6.07) is 4.52. The first-order chi connectivity index (χ1) is 10.5. The maximum Gasteiger partial charge on any atom is 0.341 e. The minimum absolute atomic E-state index is 0.0341. The third-order valence-electron chi connectivity index (χ3n) is 3.10. The number of esters is 2. The van der Waals surface area contributed by atoms with Crippen LogP contribution in [0, 0.1) is 0 Å². The lowest BCUT2D eigenvalue weighted by atomic mass is 10.1. The average Bonchev–Trinajstić information content (AvgIpc) is 2.74. The van der Waals surface area contributed by atoms with Gasteiger partial charge < -0.3 is 9.47 Å². The Morgan fingerprint density at radius 2 is 1.59 bits per heavy atom. The number of nitrogens with zero attached hydrogens (tertiary/aromatic N) is 1. The number of ether oxygens (including phenoxy) is 2. The van der Waals surface area contributed by atoms with Gasteiger partial charge in [-0.15, -0.1) is 0 Å². The van der Waals surface area contributed by atoms with Gasteiger partial charge in [0.1, 0.15) is 0 Å². The monoisotopic (exact) mass is 305 g/mol. The molecule has 0 bridgehead atoms. The maximum atomic E-state index is 12.2. The number of benzene rings is 1. The third kappa shape index (κ3) is 2.57. The third-order valence-corrected chi connectivity index (χ3v) is 3.10. The summed E-state index contributed by atoms with van der Waals surface area (Å²) < 4.78 is 9.68. The Morgan fingerprint density at radius 3 is 2.14 bits per heavy atom. The number of hydrogen-bond acceptors (Lipinski definition) is 6. The Bertz CT molecular complexity index is 621. The van der Waals surface area contributed by atoms with Crippen molar-refractivity contribution in [3.63, 3.8) is 0 Å². The van der Waals surface area contributed by atoms with Crippen molar-refractivity contribution < 1.29 is 28.7 Å². The molecule has 0 spiro atoms. The van der Waals surface area contributed by atoms with Crippen molar-refractivity contribution in [2.24, 2.45) is 0 Å². The van der Waals surface area contributed by atoms with Crippen LogP contribution in [0.25, 0.3) is 0 Å². The normalized spacial score (nSPS) is 13.3. The van der Waals surface area contributed by atoms with E-state index >= 15 is 0 Å². The number of anilines is 1. The second-order valence-corrected chi connectivity index (χ2v) is 4.43. The number of carbonyl (C=O) groups excluding carboxylic acids is 4. The zero-order chi connectivity index (χ0) is 16.3. The second-order valence-electron chi connectivity index (χ2n) is 4.43. The largest absolute Gasteiger partial charge is 0.464 e. The molecule has 0 unspecified atom stereocenters. The van der Waals surface area contributed by atoms with Gasteiger partial charge in [-0.05, 0) is 26.0 Å². The van der Waals surface area contributed by atoms with E-state index < -0.39 is 29.7 Å². The minimum atomic E-state index is -1.63. The molecule has 7 heteroatoms. The fourth-order valence-corrected chi connectivity index (χ4v) is 2.22. The van der Waals surface area contributed by atoms with Crippen LogP contribution >= 0.6 is 0 Å². The van der Waals surface area contributed by atoms with Gasteiger partial charge in [-0.3, -0.25) is 14.5 Å². The van der Waals surface area contributed by atoms with Crippen molar-refractivity contribution in [2.45, 2.75) is 19.9 Å². The summed E-state index contributed by atoms with van der Waals surface area (Å²) in [4.78, 5) is 49.2. The first kappa shape index (κ1) is 15.7. The highest BCUT2D eigenvalue weighted by Gasteiger charge is 2.47. The molecule has 0 aromatic heterocycles. The molecule has 22 heavy (non-hydrogen) atoms. The first-order valence-corrected chi connectivity index (χ1v) is 6.83. The molecule has 1 aliphatic rings. The Hall–Kier alpha value is -2.70. The Balaban J connectivity index is 2.47. The zero-order valence-electron chi connectivity index (χ0n) is 12.2. The molecule has 1 heterocycles. The average molecular weight is 305 g/mol. The molecule has 1 amide bonds. The molecular weight excluding hydrogens is 290 g/mol. The smallest absolute Gasteiger partial charge is 0.341 e. The molecule has 2 rings (SSSR count). The molecule has 0 aliphatic carbocycles. The summed E-state index contributed by atoms with van der Waals surface area (Å²) in [5.74, 6) is -3.58. The van der Waals surface area contributed by atoms with E-state index in [9.17, 15) is 19.2 Å². The van der Waals surface area contributed by atoms with E-state index in [4.69, 9.17) is 9.47 Å². The van der Waals surface area contributed by atoms with Gasteiger partial charge in [0.05, 0.1) is 24.5 Å². The van der Waals surface area contributed by atoms with Crippen molar-refractivity contribution in [1.29, 1.82) is 0 Å². The fraction of sp³-hybridized carbons (Fsp3) is 0.333. The van der Waals surface area contributed by atoms with Crippen LogP contribution in [0.4, 0.5) is 5.69 Å². The highest BCUT2D eigenvalue weighted by Crippen LogP contribution is 2.31. The number of para-hydroxylation sites is 1. The Morgan fingerprint density at radius 1 is 1.05 bits per heavy atom. The lowest BCUT2D eigenvalue weighted by molar-refractivity contribution is -0.157. The van der Waals surface area contributed by atoms with Crippen molar-refractivity contribution in [2.75, 3.05) is 18.1 Å². The molecule has 1 aromatic rings. The van der Waals surface area contributed by atoms with Gasteiger partial charge in [0.25, 0.3) is 5.78 Å². The summed E-state index contributed by atoms with van der Waals surface area (Å²) in [5, 5.41) is 0. The van der Waals surface area contributed by atoms with Crippen molar-refractivity contribution in [3.8, 4) is 0 Å². The van der Waals surface area contributed by atoms with Gasteiger partial charge in [-0.2, -0.15) is 0 Å². The van der Waals surface area contributed by atoms with Crippen LogP contribution in [-0.2, 0) is 23.9 Å². The summed E-state index contributed by atoms with van der Waals surface area (Å²) in [6.07, 6.45) is 0. The van der Waals surface area contributed by atoms with Gasteiger partial charge in [0, 0.05) is 0 Å². The lowest BCUT2D eigenvalue weighted by Crippen LogP contribution is -2.51. The van der Waals surface area contributed by atoms with Crippen molar-refractivity contribution in [1.82, 2.24) is 0 Å². The van der Waals surface area contributed by atoms with Crippen LogP contribution in [0.15, 0.2) is 24.3 Å². The van der Waals surface area contributed by atoms with E-state index in [1.54, 1.807) is 26.0 Å². The molecule has 0 saturated carbocycles. The van der Waals surface area contributed by atoms with Crippen LogP contribution in [0.2, 0.25) is 0 Å². The Labute approximate surface area is 126 Å². The number of fused-ring (bicyclic) bond motifs is 1. The van der Waals surface area contributed by atoms with Crippen LogP contribution in [-0.4, -0.2) is 42.9 Å². The molecule has 7 nitrogen and oxygen atoms in total. The van der Waals surface area contributed by atoms with E-state index in [-0.39, 0.29) is 24.5 Å². The van der Waals surface area contributed by atoms with Crippen molar-refractivity contribution in [3.05, 3.63) is 29.8 Å². The van der Waals surface area contributed by atoms with Gasteiger partial charge in [-0.25, -0.2) is 9.59 Å². The first-order valence-electron chi connectivity index (χ1n) is 6.83. The quantitative estimate of drug-likeness (QED) is 0.452. The SMILES string of the molecule is CCOC(=O)C(C(=O)OCC)N1C(=O)C(=O)c2ccccc21. The molecule has 1 aliphatic heterocycles. The number of amides is 1. The Kier molecular flexibility index (Phi) is 4.55. The molecule has 0 fully saturated rings. The van der Waals surface area contributed by atoms with Crippen molar-refractivity contribution >= 4 is 29.3 Å². The molecule has 0 radical (unpaired) electrons. The lowest BCUT2D eigenvalue weighted by Gasteiger charge is -2.24. The molecule has 0 atom stereocenters. The maximum absolute atomic E-state index is 12.2. The van der Waals surface area contributed by atoms with Crippen LogP contribution < -0.4 is 4.90 Å². The highest BCUT2D eigenvalue weighted by molar-refractivity contribution is 6.53. The molecule has 0 N–H and O–H groups in total. The standard InChI is InChI=1S/C15H15NO6/c1-3-21-14(19)11(15(20)22-4-2)16-10-8-6-5-7-9(10)12(17)13(16)18/h5-8,11H,3-4H2,1-2H3. The van der Waals surface area contributed by atoms with Gasteiger partial charge in [0.2, 0.25) is 6.04 Å². The predicted octanol–water partition coefficient (Wildman–Crippen LogP) is 0.711. The number of rotatable bonds is 5. The van der Waals surface area contributed by atoms with E-state index in [1.807, 2.05) is 0 Å². The number of Topliss-reactive ketones (excluding diaryl/α,β-unsaturated/α-hetero) is 1. The molecule has 116 valence electrons. The summed E-state index contributed by atoms with van der Waals surface area (Å²) in [5.41, 5.74) is 0.342. The molecule has 0 saturated heterocycles. The summed E-state index contributed by atoms with van der Waals surface area (Å²) >= 11 is 0. The zero-order valence-corrected chi connectivity index (χ0v) is 12.2.